The molecule has 108 valence electrons. The number of carbonyl (C=O) groups is 2. The highest BCUT2D eigenvalue weighted by Gasteiger charge is 2.35. The molecule has 2 aromatic rings. The van der Waals surface area contributed by atoms with Gasteiger partial charge in [-0.25, -0.2) is 0 Å². The lowest BCUT2D eigenvalue weighted by molar-refractivity contribution is -0.124. The molecule has 0 spiro atoms. The van der Waals surface area contributed by atoms with Crippen LogP contribution in [0.25, 0.3) is 0 Å². The van der Waals surface area contributed by atoms with Crippen LogP contribution in [0.2, 0.25) is 0 Å². The number of para-hydroxylation sites is 1. The third-order valence-electron chi connectivity index (χ3n) is 3.75. The zero-order chi connectivity index (χ0) is 14.8. The van der Waals surface area contributed by atoms with Crippen LogP contribution >= 0.6 is 0 Å². The minimum Gasteiger partial charge on any atom is -0.472 e. The second-order valence-corrected chi connectivity index (χ2v) is 5.01. The summed E-state index contributed by atoms with van der Waals surface area (Å²) in [7, 11) is 0. The van der Waals surface area contributed by atoms with Gasteiger partial charge in [-0.2, -0.15) is 0 Å². The minimum atomic E-state index is -0.485. The number of piperazine rings is 1. The van der Waals surface area contributed by atoms with Gasteiger partial charge in [0.2, 0.25) is 5.91 Å². The van der Waals surface area contributed by atoms with Gasteiger partial charge in [0.1, 0.15) is 12.3 Å². The van der Waals surface area contributed by atoms with Crippen LogP contribution in [0, 0.1) is 0 Å². The highest BCUT2D eigenvalue weighted by Crippen LogP contribution is 2.21. The van der Waals surface area contributed by atoms with Crippen LogP contribution in [0.5, 0.6) is 0 Å². The molecule has 1 fully saturated rings. The summed E-state index contributed by atoms with van der Waals surface area (Å²) in [5.74, 6) is -0.235. The Labute approximate surface area is 122 Å². The molecule has 1 aliphatic rings. The minimum absolute atomic E-state index is 0.0655. The first-order valence-corrected chi connectivity index (χ1v) is 6.88. The number of amides is 2. The Balaban J connectivity index is 1.79. The average Bonchev–Trinajstić information content (AvgIpc) is 3.04. The molecule has 21 heavy (non-hydrogen) atoms. The predicted molar refractivity (Wildman–Crippen MR) is 78.0 cm³/mol. The molecule has 3 rings (SSSR count). The summed E-state index contributed by atoms with van der Waals surface area (Å²) < 4.78 is 4.94. The lowest BCUT2D eigenvalue weighted by atomic mass is 10.1. The molecule has 0 radical (unpaired) electrons. The second-order valence-electron chi connectivity index (χ2n) is 5.01. The van der Waals surface area contributed by atoms with E-state index in [2.05, 4.69) is 0 Å². The summed E-state index contributed by atoms with van der Waals surface area (Å²) in [6, 6.07) is 10.6. The largest absolute Gasteiger partial charge is 0.472 e. The van der Waals surface area contributed by atoms with Crippen molar-refractivity contribution in [3.63, 3.8) is 0 Å². The van der Waals surface area contributed by atoms with Gasteiger partial charge in [0, 0.05) is 18.8 Å². The van der Waals surface area contributed by atoms with Crippen molar-refractivity contribution in [2.24, 2.45) is 0 Å². The fourth-order valence-electron chi connectivity index (χ4n) is 2.56. The molecule has 1 atom stereocenters. The standard InChI is InChI=1S/C16H16N2O3/c1-12-15(19)18(14-5-3-2-4-6-14)9-8-17(12)16(20)13-7-10-21-11-13/h2-7,10-12H,8-9H2,1H3/t12-/m0/s1. The van der Waals surface area contributed by atoms with Crippen molar-refractivity contribution in [1.29, 1.82) is 0 Å². The number of rotatable bonds is 2. The lowest BCUT2D eigenvalue weighted by Gasteiger charge is -2.39. The first-order valence-electron chi connectivity index (χ1n) is 6.88. The quantitative estimate of drug-likeness (QED) is 0.849. The molecule has 1 saturated heterocycles. The summed E-state index contributed by atoms with van der Waals surface area (Å²) in [6.45, 7) is 2.76. The molecule has 5 heteroatoms. The Hall–Kier alpha value is -2.56. The van der Waals surface area contributed by atoms with Crippen molar-refractivity contribution >= 4 is 17.5 Å². The van der Waals surface area contributed by atoms with Crippen LogP contribution in [-0.4, -0.2) is 35.8 Å². The smallest absolute Gasteiger partial charge is 0.257 e. The van der Waals surface area contributed by atoms with E-state index in [-0.39, 0.29) is 11.8 Å². The summed E-state index contributed by atoms with van der Waals surface area (Å²) in [6.07, 6.45) is 2.86. The van der Waals surface area contributed by atoms with Crippen molar-refractivity contribution in [2.45, 2.75) is 13.0 Å². The fraction of sp³-hybridized carbons (Fsp3) is 0.250. The number of furan rings is 1. The molecule has 2 amide bonds. The molecule has 1 aromatic heterocycles. The molecule has 2 heterocycles. The van der Waals surface area contributed by atoms with Crippen LogP contribution in [0.4, 0.5) is 5.69 Å². The molecule has 1 aromatic carbocycles. The van der Waals surface area contributed by atoms with Crippen molar-refractivity contribution in [3.8, 4) is 0 Å². The molecule has 0 unspecified atom stereocenters. The number of carbonyl (C=O) groups excluding carboxylic acids is 2. The normalized spacial score (nSPS) is 18.9. The van der Waals surface area contributed by atoms with Crippen LogP contribution in [0.15, 0.2) is 53.3 Å². The zero-order valence-corrected chi connectivity index (χ0v) is 11.7. The Morgan fingerprint density at radius 1 is 1.19 bits per heavy atom. The molecule has 0 bridgehead atoms. The Morgan fingerprint density at radius 3 is 2.62 bits per heavy atom. The lowest BCUT2D eigenvalue weighted by Crippen LogP contribution is -2.57. The second kappa shape index (κ2) is 5.44. The molecule has 0 N–H and O–H groups in total. The van der Waals surface area contributed by atoms with Crippen molar-refractivity contribution < 1.29 is 14.0 Å². The summed E-state index contributed by atoms with van der Waals surface area (Å²) in [5, 5.41) is 0. The third-order valence-corrected chi connectivity index (χ3v) is 3.75. The van der Waals surface area contributed by atoms with Gasteiger partial charge in [-0.05, 0) is 25.1 Å². The van der Waals surface area contributed by atoms with Crippen molar-refractivity contribution in [3.05, 3.63) is 54.5 Å². The van der Waals surface area contributed by atoms with E-state index in [4.69, 9.17) is 4.42 Å². The SMILES string of the molecule is C[C@H]1C(=O)N(c2ccccc2)CCN1C(=O)c1ccoc1. The van der Waals surface area contributed by atoms with E-state index in [0.29, 0.717) is 18.7 Å². The number of benzene rings is 1. The Morgan fingerprint density at radius 2 is 1.95 bits per heavy atom. The topological polar surface area (TPSA) is 53.8 Å². The highest BCUT2D eigenvalue weighted by molar-refractivity contribution is 6.03. The predicted octanol–water partition coefficient (Wildman–Crippen LogP) is 2.16. The average molecular weight is 284 g/mol. The van der Waals surface area contributed by atoms with Gasteiger partial charge in [0.05, 0.1) is 11.8 Å². The van der Waals surface area contributed by atoms with E-state index in [9.17, 15) is 9.59 Å². The molecule has 0 saturated carbocycles. The number of hydrogen-bond acceptors (Lipinski definition) is 3. The van der Waals surface area contributed by atoms with Gasteiger partial charge in [-0.15, -0.1) is 0 Å². The number of nitrogens with zero attached hydrogens (tertiary/aromatic N) is 2. The van der Waals surface area contributed by atoms with E-state index in [0.717, 1.165) is 5.69 Å². The van der Waals surface area contributed by atoms with Gasteiger partial charge in [0.25, 0.3) is 5.91 Å². The Kier molecular flexibility index (Phi) is 3.48. The van der Waals surface area contributed by atoms with Crippen LogP contribution < -0.4 is 4.90 Å². The first-order chi connectivity index (χ1) is 10.2. The van der Waals surface area contributed by atoms with Gasteiger partial charge in [-0.1, -0.05) is 18.2 Å². The van der Waals surface area contributed by atoms with Crippen LogP contribution in [0.1, 0.15) is 17.3 Å². The number of hydrogen-bond donors (Lipinski definition) is 0. The van der Waals surface area contributed by atoms with E-state index in [1.165, 1.54) is 12.5 Å². The molecular weight excluding hydrogens is 268 g/mol. The molecule has 5 nitrogen and oxygen atoms in total. The summed E-state index contributed by atoms with van der Waals surface area (Å²) in [4.78, 5) is 28.2. The van der Waals surface area contributed by atoms with Gasteiger partial charge in [-0.3, -0.25) is 9.59 Å². The third kappa shape index (κ3) is 2.42. The monoisotopic (exact) mass is 284 g/mol. The van der Waals surface area contributed by atoms with Gasteiger partial charge < -0.3 is 14.2 Å². The summed E-state index contributed by atoms with van der Waals surface area (Å²) in [5.41, 5.74) is 1.34. The first kappa shape index (κ1) is 13.4. The molecule has 1 aliphatic heterocycles. The maximum Gasteiger partial charge on any atom is 0.257 e. The van der Waals surface area contributed by atoms with Crippen LogP contribution in [-0.2, 0) is 4.79 Å². The number of anilines is 1. The van der Waals surface area contributed by atoms with Gasteiger partial charge >= 0.3 is 0 Å². The Bertz CT molecular complexity index is 637. The highest BCUT2D eigenvalue weighted by atomic mass is 16.3. The molecule has 0 aliphatic carbocycles. The maximum absolute atomic E-state index is 12.5. The van der Waals surface area contributed by atoms with Crippen molar-refractivity contribution in [2.75, 3.05) is 18.0 Å². The summed E-state index contributed by atoms with van der Waals surface area (Å²) >= 11 is 0. The van der Waals surface area contributed by atoms with E-state index in [1.54, 1.807) is 22.8 Å². The van der Waals surface area contributed by atoms with E-state index >= 15 is 0 Å². The maximum atomic E-state index is 12.5. The fourth-order valence-corrected chi connectivity index (χ4v) is 2.56. The van der Waals surface area contributed by atoms with Crippen LogP contribution in [0.3, 0.4) is 0 Å². The zero-order valence-electron chi connectivity index (χ0n) is 11.7. The van der Waals surface area contributed by atoms with E-state index in [1.807, 2.05) is 30.3 Å². The van der Waals surface area contributed by atoms with Gasteiger partial charge in [0.15, 0.2) is 0 Å². The van der Waals surface area contributed by atoms with Crippen molar-refractivity contribution in [1.82, 2.24) is 4.90 Å². The molecular formula is C16H16N2O3. The van der Waals surface area contributed by atoms with E-state index < -0.39 is 6.04 Å².